The van der Waals surface area contributed by atoms with E-state index in [4.69, 9.17) is 9.05 Å². The molecule has 3 rings (SSSR count). The van der Waals surface area contributed by atoms with Gasteiger partial charge in [-0.3, -0.25) is 4.79 Å². The highest BCUT2D eigenvalue weighted by Crippen LogP contribution is 2.50. The molecule has 0 heterocycles. The first-order valence-corrected chi connectivity index (χ1v) is 14.2. The summed E-state index contributed by atoms with van der Waals surface area (Å²) in [6.07, 6.45) is -0.401. The number of hydrogen-bond acceptors (Lipinski definition) is 6. The van der Waals surface area contributed by atoms with Crippen LogP contribution in [0.25, 0.3) is 0 Å². The van der Waals surface area contributed by atoms with Gasteiger partial charge in [-0.15, -0.1) is 0 Å². The van der Waals surface area contributed by atoms with Crippen molar-refractivity contribution in [1.82, 2.24) is 4.90 Å². The Balaban J connectivity index is 1.93. The van der Waals surface area contributed by atoms with Crippen LogP contribution in [0, 0.1) is 13.8 Å². The Morgan fingerprint density at radius 3 is 1.94 bits per heavy atom. The van der Waals surface area contributed by atoms with Crippen LogP contribution in [0.4, 0.5) is 4.79 Å². The molecular formula is C27H30NO6PS. The Hall–Kier alpha value is -3.22. The van der Waals surface area contributed by atoms with Crippen molar-refractivity contribution in [1.29, 1.82) is 0 Å². The largest absolute Gasteiger partial charge is 0.480 e. The number of carboxylic acids is 1. The number of nitrogens with zero attached hydrogens (tertiary/aromatic N) is 1. The van der Waals surface area contributed by atoms with E-state index in [2.05, 4.69) is 0 Å². The summed E-state index contributed by atoms with van der Waals surface area (Å²) in [5.41, 5.74) is 2.69. The summed E-state index contributed by atoms with van der Waals surface area (Å²) in [6, 6.07) is 22.1. The number of carboxylic acid groups (broad SMARTS) is 1. The third kappa shape index (κ3) is 7.90. The molecule has 0 spiro atoms. The number of carbonyl (C=O) groups is 2. The molecule has 0 fully saturated rings. The van der Waals surface area contributed by atoms with E-state index in [1.165, 1.54) is 0 Å². The molecule has 7 nitrogen and oxygen atoms in total. The van der Waals surface area contributed by atoms with Crippen molar-refractivity contribution in [3.05, 3.63) is 95.6 Å². The van der Waals surface area contributed by atoms with Gasteiger partial charge in [0.15, 0.2) is 0 Å². The third-order valence-electron chi connectivity index (χ3n) is 5.28. The van der Waals surface area contributed by atoms with Crippen LogP contribution in [-0.4, -0.2) is 33.5 Å². The van der Waals surface area contributed by atoms with Gasteiger partial charge in [-0.05, 0) is 61.2 Å². The van der Waals surface area contributed by atoms with E-state index < -0.39 is 31.1 Å². The highest BCUT2D eigenvalue weighted by molar-refractivity contribution is 8.12. The molecule has 1 N–H and O–H groups in total. The quantitative estimate of drug-likeness (QED) is 0.265. The Morgan fingerprint density at radius 1 is 0.917 bits per heavy atom. The number of carbonyl (C=O) groups excluding carboxylic acids is 1. The fourth-order valence-corrected chi connectivity index (χ4v) is 6.20. The maximum Gasteiger partial charge on any atom is 0.450 e. The normalized spacial score (nSPS) is 12.0. The van der Waals surface area contributed by atoms with E-state index in [0.29, 0.717) is 17.3 Å². The molecule has 3 aromatic carbocycles. The fourth-order valence-electron chi connectivity index (χ4n) is 3.54. The standard InChI is InChI=1S/C27H30NO6PS/c1-4-25(26(29)30)28(27(31)36-18-22-12-6-5-7-13-22)19-35(32,33-23-14-8-10-20(2)16-23)34-24-15-9-11-21(3)17-24/h5-17,25H,4,18-19H2,1-3H3,(H,29,30). The van der Waals surface area contributed by atoms with Gasteiger partial charge < -0.3 is 19.1 Å². The first-order valence-electron chi connectivity index (χ1n) is 11.5. The Bertz CT molecular complexity index is 1180. The smallest absolute Gasteiger partial charge is 0.450 e. The van der Waals surface area contributed by atoms with Crippen LogP contribution in [0.2, 0.25) is 0 Å². The minimum atomic E-state index is -4.09. The van der Waals surface area contributed by atoms with E-state index >= 15 is 0 Å². The second-order valence-electron chi connectivity index (χ2n) is 8.34. The Labute approximate surface area is 216 Å². The third-order valence-corrected chi connectivity index (χ3v) is 7.87. The second kappa shape index (κ2) is 12.7. The van der Waals surface area contributed by atoms with Crippen LogP contribution in [0.1, 0.15) is 30.0 Å². The molecule has 36 heavy (non-hydrogen) atoms. The number of aliphatic carboxylic acids is 1. The van der Waals surface area contributed by atoms with Gasteiger partial charge >= 0.3 is 13.6 Å². The lowest BCUT2D eigenvalue weighted by atomic mass is 10.2. The van der Waals surface area contributed by atoms with E-state index in [9.17, 15) is 19.3 Å². The lowest BCUT2D eigenvalue weighted by Gasteiger charge is -2.31. The molecule has 0 aliphatic heterocycles. The Kier molecular flexibility index (Phi) is 9.62. The van der Waals surface area contributed by atoms with Gasteiger partial charge in [-0.2, -0.15) is 0 Å². The van der Waals surface area contributed by atoms with E-state index in [-0.39, 0.29) is 6.42 Å². The molecule has 3 aromatic rings. The zero-order chi connectivity index (χ0) is 26.1. The monoisotopic (exact) mass is 527 g/mol. The fraction of sp³-hybridized carbons (Fsp3) is 0.259. The highest BCUT2D eigenvalue weighted by Gasteiger charge is 2.39. The minimum absolute atomic E-state index is 0.127. The highest BCUT2D eigenvalue weighted by atomic mass is 32.2. The molecule has 0 radical (unpaired) electrons. The number of aryl methyl sites for hydroxylation is 2. The molecule has 190 valence electrons. The molecular weight excluding hydrogens is 497 g/mol. The average Bonchev–Trinajstić information content (AvgIpc) is 2.82. The molecule has 0 bridgehead atoms. The summed E-state index contributed by atoms with van der Waals surface area (Å²) in [5.74, 6) is -0.241. The van der Waals surface area contributed by atoms with Crippen LogP contribution in [0.3, 0.4) is 0 Å². The van der Waals surface area contributed by atoms with E-state index in [1.54, 1.807) is 43.3 Å². The van der Waals surface area contributed by atoms with Crippen molar-refractivity contribution in [3.8, 4) is 11.5 Å². The van der Waals surface area contributed by atoms with Gasteiger partial charge in [0.05, 0.1) is 0 Å². The summed E-state index contributed by atoms with van der Waals surface area (Å²) in [6.45, 7) is 5.40. The van der Waals surface area contributed by atoms with Crippen molar-refractivity contribution >= 4 is 30.6 Å². The van der Waals surface area contributed by atoms with Crippen molar-refractivity contribution in [2.45, 2.75) is 39.0 Å². The summed E-state index contributed by atoms with van der Waals surface area (Å²) < 4.78 is 25.9. The van der Waals surface area contributed by atoms with Crippen molar-refractivity contribution in [2.24, 2.45) is 0 Å². The molecule has 0 saturated heterocycles. The first-order chi connectivity index (χ1) is 17.2. The zero-order valence-electron chi connectivity index (χ0n) is 20.5. The van der Waals surface area contributed by atoms with E-state index in [1.807, 2.05) is 56.3 Å². The van der Waals surface area contributed by atoms with Crippen LogP contribution in [0.15, 0.2) is 78.9 Å². The lowest BCUT2D eigenvalue weighted by molar-refractivity contribution is -0.141. The van der Waals surface area contributed by atoms with Gasteiger partial charge in [-0.25, -0.2) is 9.36 Å². The number of rotatable bonds is 11. The number of amides is 1. The molecule has 1 unspecified atom stereocenters. The average molecular weight is 528 g/mol. The summed E-state index contributed by atoms with van der Waals surface area (Å²) >= 11 is 0.948. The van der Waals surface area contributed by atoms with Crippen molar-refractivity contribution in [2.75, 3.05) is 6.29 Å². The number of benzene rings is 3. The molecule has 0 aliphatic rings. The first kappa shape index (κ1) is 27.4. The van der Waals surface area contributed by atoms with Crippen molar-refractivity contribution < 1.29 is 28.3 Å². The minimum Gasteiger partial charge on any atom is -0.480 e. The predicted molar refractivity (Wildman–Crippen MR) is 143 cm³/mol. The topological polar surface area (TPSA) is 93.1 Å². The molecule has 0 saturated carbocycles. The van der Waals surface area contributed by atoms with Gasteiger partial charge in [0, 0.05) is 5.75 Å². The lowest BCUT2D eigenvalue weighted by Crippen LogP contribution is -2.44. The zero-order valence-corrected chi connectivity index (χ0v) is 22.2. The number of hydrogen-bond donors (Lipinski definition) is 1. The van der Waals surface area contributed by atoms with Crippen LogP contribution < -0.4 is 9.05 Å². The molecule has 1 amide bonds. The summed E-state index contributed by atoms with van der Waals surface area (Å²) in [7, 11) is -4.09. The number of thioether (sulfide) groups is 1. The SMILES string of the molecule is CCC(C(=O)O)N(CP(=O)(Oc1cccc(C)c1)Oc1cccc(C)c1)C(=O)SCc1ccccc1. The van der Waals surface area contributed by atoms with Crippen LogP contribution >= 0.6 is 19.4 Å². The summed E-state index contributed by atoms with van der Waals surface area (Å²) in [5, 5.41) is 9.33. The maximum atomic E-state index is 14.2. The van der Waals surface area contributed by atoms with Crippen molar-refractivity contribution in [3.63, 3.8) is 0 Å². The maximum absolute atomic E-state index is 14.2. The second-order valence-corrected chi connectivity index (χ2v) is 11.1. The Morgan fingerprint density at radius 2 is 1.47 bits per heavy atom. The molecule has 0 aliphatic carbocycles. The van der Waals surface area contributed by atoms with Gasteiger partial charge in [0.25, 0.3) is 5.24 Å². The van der Waals surface area contributed by atoms with Crippen LogP contribution in [0.5, 0.6) is 11.5 Å². The molecule has 1 atom stereocenters. The molecule has 9 heteroatoms. The van der Waals surface area contributed by atoms with Gasteiger partial charge in [0.1, 0.15) is 23.8 Å². The summed E-state index contributed by atoms with van der Waals surface area (Å²) in [4.78, 5) is 26.5. The van der Waals surface area contributed by atoms with Crippen LogP contribution in [-0.2, 0) is 15.1 Å². The predicted octanol–water partition coefficient (Wildman–Crippen LogP) is 7.13. The van der Waals surface area contributed by atoms with E-state index in [0.717, 1.165) is 33.4 Å². The van der Waals surface area contributed by atoms with Gasteiger partial charge in [-0.1, -0.05) is 73.3 Å². The van der Waals surface area contributed by atoms with Gasteiger partial charge in [0.2, 0.25) is 0 Å². The molecule has 0 aromatic heterocycles.